The molecule has 1 atom stereocenters. The lowest BCUT2D eigenvalue weighted by Crippen LogP contribution is -2.25. The molecule has 1 rings (SSSR count). The third kappa shape index (κ3) is 5.00. The average molecular weight is 258 g/mol. The molecule has 0 radical (unpaired) electrons. The van der Waals surface area contributed by atoms with Crippen LogP contribution >= 0.6 is 0 Å². The van der Waals surface area contributed by atoms with E-state index in [-0.39, 0.29) is 31.7 Å². The third-order valence-corrected chi connectivity index (χ3v) is 2.23. The molecular weight excluding hydrogens is 239 g/mol. The third-order valence-electron chi connectivity index (χ3n) is 2.23. The molecule has 102 valence electrons. The summed E-state index contributed by atoms with van der Waals surface area (Å²) < 4.78 is 23.8. The molecule has 5 heteroatoms. The Balaban J connectivity index is 2.43. The molecular formula is C13H19FO4. The van der Waals surface area contributed by atoms with Crippen LogP contribution in [0.15, 0.2) is 18.2 Å². The summed E-state index contributed by atoms with van der Waals surface area (Å²) in [6.07, 6.45) is -0.774. The summed E-state index contributed by atoms with van der Waals surface area (Å²) in [6, 6.07) is 4.19. The molecule has 18 heavy (non-hydrogen) atoms. The molecule has 0 aliphatic carbocycles. The Kier molecular flexibility index (Phi) is 6.04. The molecule has 1 unspecified atom stereocenters. The van der Waals surface area contributed by atoms with Crippen molar-refractivity contribution >= 4 is 0 Å². The van der Waals surface area contributed by atoms with Gasteiger partial charge in [0.2, 0.25) is 0 Å². The highest BCUT2D eigenvalue weighted by molar-refractivity contribution is 5.28. The highest BCUT2D eigenvalue weighted by atomic mass is 19.1. The molecule has 0 aromatic heterocycles. The number of halogens is 1. The van der Waals surface area contributed by atoms with Gasteiger partial charge in [0.25, 0.3) is 0 Å². The van der Waals surface area contributed by atoms with Crippen molar-refractivity contribution in [3.8, 4) is 5.75 Å². The topological polar surface area (TPSA) is 58.9 Å². The largest absolute Gasteiger partial charge is 0.488 e. The van der Waals surface area contributed by atoms with E-state index in [1.807, 2.05) is 13.8 Å². The van der Waals surface area contributed by atoms with Crippen LogP contribution in [0.3, 0.4) is 0 Å². The molecule has 0 amide bonds. The van der Waals surface area contributed by atoms with Crippen molar-refractivity contribution in [3.63, 3.8) is 0 Å². The Morgan fingerprint density at radius 1 is 1.28 bits per heavy atom. The van der Waals surface area contributed by atoms with E-state index in [9.17, 15) is 9.50 Å². The van der Waals surface area contributed by atoms with E-state index in [0.717, 1.165) is 0 Å². The van der Waals surface area contributed by atoms with Gasteiger partial charge in [0, 0.05) is 0 Å². The van der Waals surface area contributed by atoms with Crippen LogP contribution in [0.4, 0.5) is 4.39 Å². The number of benzene rings is 1. The first-order valence-electron chi connectivity index (χ1n) is 5.84. The minimum atomic E-state index is -0.802. The zero-order valence-corrected chi connectivity index (χ0v) is 10.6. The van der Waals surface area contributed by atoms with Crippen LogP contribution in [0.1, 0.15) is 19.4 Å². The van der Waals surface area contributed by atoms with Crippen LogP contribution in [0, 0.1) is 5.82 Å². The minimum absolute atomic E-state index is 0.0280. The number of aliphatic hydroxyl groups excluding tert-OH is 2. The lowest BCUT2D eigenvalue weighted by Gasteiger charge is -2.15. The lowest BCUT2D eigenvalue weighted by atomic mass is 10.2. The number of hydrogen-bond donors (Lipinski definition) is 2. The second kappa shape index (κ2) is 7.31. The summed E-state index contributed by atoms with van der Waals surface area (Å²) in [5, 5.41) is 18.4. The van der Waals surface area contributed by atoms with Gasteiger partial charge in [0.1, 0.15) is 12.7 Å². The van der Waals surface area contributed by atoms with Crippen molar-refractivity contribution in [3.05, 3.63) is 29.6 Å². The summed E-state index contributed by atoms with van der Waals surface area (Å²) in [5.41, 5.74) is 0.475. The van der Waals surface area contributed by atoms with Gasteiger partial charge in [-0.3, -0.25) is 0 Å². The first-order valence-corrected chi connectivity index (χ1v) is 5.84. The second-order valence-corrected chi connectivity index (χ2v) is 4.27. The fraction of sp³-hybridized carbons (Fsp3) is 0.538. The number of rotatable bonds is 7. The molecule has 2 N–H and O–H groups in total. The van der Waals surface area contributed by atoms with Crippen LogP contribution in [0.25, 0.3) is 0 Å². The van der Waals surface area contributed by atoms with E-state index in [1.165, 1.54) is 12.1 Å². The zero-order chi connectivity index (χ0) is 13.5. The second-order valence-electron chi connectivity index (χ2n) is 4.27. The van der Waals surface area contributed by atoms with Crippen molar-refractivity contribution in [2.45, 2.75) is 32.7 Å². The van der Waals surface area contributed by atoms with Crippen molar-refractivity contribution in [1.29, 1.82) is 0 Å². The highest BCUT2D eigenvalue weighted by Gasteiger charge is 2.09. The minimum Gasteiger partial charge on any atom is -0.488 e. The molecule has 0 bridgehead atoms. The van der Waals surface area contributed by atoms with E-state index in [0.29, 0.717) is 5.56 Å². The summed E-state index contributed by atoms with van der Waals surface area (Å²) in [5.74, 6) is -0.505. The Bertz CT molecular complexity index is 368. The molecule has 0 saturated heterocycles. The number of hydrogen-bond acceptors (Lipinski definition) is 4. The zero-order valence-electron chi connectivity index (χ0n) is 10.6. The number of aliphatic hydroxyl groups is 2. The average Bonchev–Trinajstić information content (AvgIpc) is 2.34. The van der Waals surface area contributed by atoms with E-state index >= 15 is 0 Å². The van der Waals surface area contributed by atoms with E-state index < -0.39 is 11.9 Å². The van der Waals surface area contributed by atoms with Crippen LogP contribution < -0.4 is 4.74 Å². The fourth-order valence-electron chi connectivity index (χ4n) is 1.30. The fourth-order valence-corrected chi connectivity index (χ4v) is 1.30. The standard InChI is InChI=1S/C13H19FO4/c1-9(2)17-7-11(16)8-18-13-4-3-10(6-15)5-12(13)14/h3-5,9,11,15-16H,6-8H2,1-2H3. The van der Waals surface area contributed by atoms with Gasteiger partial charge in [0.05, 0.1) is 19.3 Å². The summed E-state index contributed by atoms with van der Waals surface area (Å²) in [4.78, 5) is 0. The molecule has 0 heterocycles. The molecule has 0 aliphatic heterocycles. The van der Waals surface area contributed by atoms with Crippen LogP contribution in [0.5, 0.6) is 5.75 Å². The van der Waals surface area contributed by atoms with E-state index in [1.54, 1.807) is 6.07 Å². The maximum Gasteiger partial charge on any atom is 0.165 e. The Morgan fingerprint density at radius 2 is 2.00 bits per heavy atom. The quantitative estimate of drug-likeness (QED) is 0.778. The van der Waals surface area contributed by atoms with Gasteiger partial charge in [0.15, 0.2) is 11.6 Å². The van der Waals surface area contributed by atoms with Gasteiger partial charge in [-0.1, -0.05) is 6.07 Å². The van der Waals surface area contributed by atoms with Gasteiger partial charge >= 0.3 is 0 Å². The maximum atomic E-state index is 13.5. The summed E-state index contributed by atoms with van der Waals surface area (Å²) >= 11 is 0. The van der Waals surface area contributed by atoms with E-state index in [2.05, 4.69) is 0 Å². The monoisotopic (exact) mass is 258 g/mol. The molecule has 0 aliphatic rings. The molecule has 4 nitrogen and oxygen atoms in total. The summed E-state index contributed by atoms with van der Waals surface area (Å²) in [7, 11) is 0. The first kappa shape index (κ1) is 14.9. The van der Waals surface area contributed by atoms with Crippen molar-refractivity contribution < 1.29 is 24.1 Å². The molecule has 1 aromatic carbocycles. The van der Waals surface area contributed by atoms with Crippen molar-refractivity contribution in [2.75, 3.05) is 13.2 Å². The molecule has 0 saturated carbocycles. The van der Waals surface area contributed by atoms with Crippen LogP contribution in [-0.4, -0.2) is 35.6 Å². The van der Waals surface area contributed by atoms with Crippen molar-refractivity contribution in [2.24, 2.45) is 0 Å². The highest BCUT2D eigenvalue weighted by Crippen LogP contribution is 2.18. The van der Waals surface area contributed by atoms with E-state index in [4.69, 9.17) is 14.6 Å². The first-order chi connectivity index (χ1) is 8.52. The molecule has 1 aromatic rings. The molecule has 0 spiro atoms. The summed E-state index contributed by atoms with van der Waals surface area (Å²) in [6.45, 7) is 3.61. The Hall–Kier alpha value is -1.17. The van der Waals surface area contributed by atoms with Crippen LogP contribution in [0.2, 0.25) is 0 Å². The molecule has 0 fully saturated rings. The predicted octanol–water partition coefficient (Wildman–Crippen LogP) is 1.48. The van der Waals surface area contributed by atoms with Crippen LogP contribution in [-0.2, 0) is 11.3 Å². The van der Waals surface area contributed by atoms with Gasteiger partial charge in [-0.05, 0) is 31.5 Å². The Labute approximate surface area is 106 Å². The van der Waals surface area contributed by atoms with Gasteiger partial charge < -0.3 is 19.7 Å². The Morgan fingerprint density at radius 3 is 2.56 bits per heavy atom. The van der Waals surface area contributed by atoms with Crippen molar-refractivity contribution in [1.82, 2.24) is 0 Å². The SMILES string of the molecule is CC(C)OCC(O)COc1ccc(CO)cc1F. The smallest absolute Gasteiger partial charge is 0.165 e. The van der Waals surface area contributed by atoms with Gasteiger partial charge in [-0.2, -0.15) is 0 Å². The maximum absolute atomic E-state index is 13.5. The normalized spacial score (nSPS) is 12.8. The lowest BCUT2D eigenvalue weighted by molar-refractivity contribution is -0.0127. The van der Waals surface area contributed by atoms with Gasteiger partial charge in [-0.25, -0.2) is 4.39 Å². The predicted molar refractivity (Wildman–Crippen MR) is 64.9 cm³/mol. The van der Waals surface area contributed by atoms with Gasteiger partial charge in [-0.15, -0.1) is 0 Å². The number of ether oxygens (including phenoxy) is 2.